The van der Waals surface area contributed by atoms with Crippen molar-refractivity contribution in [1.29, 1.82) is 0 Å². The Balaban J connectivity index is 2.71. The second kappa shape index (κ2) is 3.92. The fourth-order valence-corrected chi connectivity index (χ4v) is 2.33. The van der Waals surface area contributed by atoms with Gasteiger partial charge in [-0.05, 0) is 19.3 Å². The van der Waals surface area contributed by atoms with E-state index in [-0.39, 0.29) is 31.5 Å². The van der Waals surface area contributed by atoms with E-state index in [2.05, 4.69) is 0 Å². The molecule has 0 spiro atoms. The summed E-state index contributed by atoms with van der Waals surface area (Å²) in [7, 11) is 0. The van der Waals surface area contributed by atoms with Crippen LogP contribution in [0.4, 0.5) is 0 Å². The third-order valence-electron chi connectivity index (χ3n) is 3.09. The topological polar surface area (TPSA) is 80.9 Å². The van der Waals surface area contributed by atoms with E-state index in [4.69, 9.17) is 10.2 Å². The fourth-order valence-electron chi connectivity index (χ4n) is 2.33. The SMILES string of the molecule is C[C@]1(O)C[C@@H](O)[C@H](CCO)[C@@H]1CO. The van der Waals surface area contributed by atoms with Crippen LogP contribution in [0.3, 0.4) is 0 Å². The average Bonchev–Trinajstić information content (AvgIpc) is 2.22. The third kappa shape index (κ3) is 2.02. The molecule has 4 atom stereocenters. The van der Waals surface area contributed by atoms with E-state index in [1.807, 2.05) is 0 Å². The van der Waals surface area contributed by atoms with Crippen molar-refractivity contribution >= 4 is 0 Å². The monoisotopic (exact) mass is 190 g/mol. The lowest BCUT2D eigenvalue weighted by Gasteiger charge is -2.26. The van der Waals surface area contributed by atoms with Crippen LogP contribution in [0.1, 0.15) is 19.8 Å². The van der Waals surface area contributed by atoms with Gasteiger partial charge in [0.05, 0.1) is 11.7 Å². The molecule has 4 heteroatoms. The van der Waals surface area contributed by atoms with Gasteiger partial charge in [-0.3, -0.25) is 0 Å². The lowest BCUT2D eigenvalue weighted by Crippen LogP contribution is -2.34. The highest BCUT2D eigenvalue weighted by atomic mass is 16.3. The van der Waals surface area contributed by atoms with Gasteiger partial charge in [-0.25, -0.2) is 0 Å². The van der Waals surface area contributed by atoms with Gasteiger partial charge >= 0.3 is 0 Å². The van der Waals surface area contributed by atoms with Gasteiger partial charge in [0, 0.05) is 25.6 Å². The molecule has 1 rings (SSSR count). The van der Waals surface area contributed by atoms with Crippen molar-refractivity contribution in [3.8, 4) is 0 Å². The Hall–Kier alpha value is -0.160. The van der Waals surface area contributed by atoms with Crippen molar-refractivity contribution in [1.82, 2.24) is 0 Å². The molecule has 4 nitrogen and oxygen atoms in total. The first-order chi connectivity index (χ1) is 6.03. The van der Waals surface area contributed by atoms with E-state index in [9.17, 15) is 10.2 Å². The number of aliphatic hydroxyl groups is 4. The average molecular weight is 190 g/mol. The molecule has 0 aromatic carbocycles. The molecular weight excluding hydrogens is 172 g/mol. The number of rotatable bonds is 3. The summed E-state index contributed by atoms with van der Waals surface area (Å²) >= 11 is 0. The largest absolute Gasteiger partial charge is 0.396 e. The summed E-state index contributed by atoms with van der Waals surface area (Å²) in [6.07, 6.45) is 0.102. The van der Waals surface area contributed by atoms with E-state index in [0.717, 1.165) is 0 Å². The van der Waals surface area contributed by atoms with Crippen molar-refractivity contribution < 1.29 is 20.4 Å². The van der Waals surface area contributed by atoms with Crippen LogP contribution in [0.15, 0.2) is 0 Å². The summed E-state index contributed by atoms with van der Waals surface area (Å²) < 4.78 is 0. The van der Waals surface area contributed by atoms with Crippen LogP contribution in [0.25, 0.3) is 0 Å². The maximum atomic E-state index is 9.82. The van der Waals surface area contributed by atoms with Crippen molar-refractivity contribution in [2.24, 2.45) is 11.8 Å². The van der Waals surface area contributed by atoms with Gasteiger partial charge in [0.1, 0.15) is 0 Å². The van der Waals surface area contributed by atoms with Crippen LogP contribution in [0, 0.1) is 11.8 Å². The van der Waals surface area contributed by atoms with Gasteiger partial charge in [0.25, 0.3) is 0 Å². The van der Waals surface area contributed by atoms with E-state index < -0.39 is 11.7 Å². The Kier molecular flexibility index (Phi) is 3.29. The maximum Gasteiger partial charge on any atom is 0.0698 e. The van der Waals surface area contributed by atoms with Crippen molar-refractivity contribution in [2.75, 3.05) is 13.2 Å². The zero-order valence-electron chi connectivity index (χ0n) is 7.85. The van der Waals surface area contributed by atoms with E-state index in [0.29, 0.717) is 6.42 Å². The standard InChI is InChI=1S/C9H18O4/c1-9(13)4-8(12)6(2-3-10)7(9)5-11/h6-8,10-13H,2-5H2,1H3/t6-,7+,8-,9+/m1/s1. The molecule has 0 radical (unpaired) electrons. The molecule has 0 amide bonds. The molecule has 1 saturated carbocycles. The summed E-state index contributed by atoms with van der Waals surface area (Å²) in [5.74, 6) is -0.514. The van der Waals surface area contributed by atoms with Crippen LogP contribution in [0.5, 0.6) is 0 Å². The van der Waals surface area contributed by atoms with Crippen LogP contribution in [-0.2, 0) is 0 Å². The Bertz CT molecular complexity index is 169. The predicted octanol–water partition coefficient (Wildman–Crippen LogP) is -0.891. The molecule has 78 valence electrons. The van der Waals surface area contributed by atoms with E-state index >= 15 is 0 Å². The molecule has 0 saturated heterocycles. The number of hydrogen-bond donors (Lipinski definition) is 4. The summed E-state index contributed by atoms with van der Waals surface area (Å²) in [4.78, 5) is 0. The Morgan fingerprint density at radius 1 is 1.38 bits per heavy atom. The molecule has 0 unspecified atom stereocenters. The minimum absolute atomic E-state index is 0.0195. The van der Waals surface area contributed by atoms with Crippen molar-refractivity contribution in [3.63, 3.8) is 0 Å². The molecule has 13 heavy (non-hydrogen) atoms. The van der Waals surface area contributed by atoms with Gasteiger partial charge in [-0.1, -0.05) is 0 Å². The van der Waals surface area contributed by atoms with Gasteiger partial charge < -0.3 is 20.4 Å². The zero-order chi connectivity index (χ0) is 10.1. The Labute approximate surface area is 77.8 Å². The molecule has 4 N–H and O–H groups in total. The molecule has 1 aliphatic rings. The molecule has 0 aliphatic heterocycles. The Morgan fingerprint density at radius 2 is 2.00 bits per heavy atom. The quantitative estimate of drug-likeness (QED) is 0.465. The first-order valence-electron chi connectivity index (χ1n) is 4.65. The van der Waals surface area contributed by atoms with Crippen LogP contribution in [-0.4, -0.2) is 45.3 Å². The van der Waals surface area contributed by atoms with Crippen molar-refractivity contribution in [3.05, 3.63) is 0 Å². The first-order valence-corrected chi connectivity index (χ1v) is 4.65. The highest BCUT2D eigenvalue weighted by Crippen LogP contribution is 2.41. The molecule has 0 bridgehead atoms. The summed E-state index contributed by atoms with van der Waals surface area (Å²) in [5, 5.41) is 37.2. The van der Waals surface area contributed by atoms with Gasteiger partial charge in [-0.2, -0.15) is 0 Å². The van der Waals surface area contributed by atoms with E-state index in [1.54, 1.807) is 6.92 Å². The van der Waals surface area contributed by atoms with Gasteiger partial charge in [-0.15, -0.1) is 0 Å². The maximum absolute atomic E-state index is 9.82. The molecule has 1 fully saturated rings. The molecule has 1 aliphatic carbocycles. The van der Waals surface area contributed by atoms with Crippen LogP contribution < -0.4 is 0 Å². The number of hydrogen-bond acceptors (Lipinski definition) is 4. The summed E-state index contributed by atoms with van der Waals surface area (Å²) in [6.45, 7) is 1.46. The normalized spacial score (nSPS) is 45.5. The van der Waals surface area contributed by atoms with Gasteiger partial charge in [0.15, 0.2) is 0 Å². The molecular formula is C9H18O4. The highest BCUT2D eigenvalue weighted by Gasteiger charge is 2.48. The minimum atomic E-state index is -1.01. The highest BCUT2D eigenvalue weighted by molar-refractivity contribution is 4.98. The smallest absolute Gasteiger partial charge is 0.0698 e. The number of aliphatic hydroxyl groups excluding tert-OH is 3. The van der Waals surface area contributed by atoms with E-state index in [1.165, 1.54) is 0 Å². The first kappa shape index (κ1) is 10.9. The molecule has 0 aromatic rings. The lowest BCUT2D eigenvalue weighted by molar-refractivity contribution is -0.0170. The minimum Gasteiger partial charge on any atom is -0.396 e. The fraction of sp³-hybridized carbons (Fsp3) is 1.00. The van der Waals surface area contributed by atoms with Crippen molar-refractivity contribution in [2.45, 2.75) is 31.5 Å². The van der Waals surface area contributed by atoms with Crippen LogP contribution >= 0.6 is 0 Å². The molecule has 0 heterocycles. The summed E-state index contributed by atoms with van der Waals surface area (Å²) in [5.41, 5.74) is -1.01. The second-order valence-corrected chi connectivity index (χ2v) is 4.09. The zero-order valence-corrected chi connectivity index (χ0v) is 7.85. The molecule has 0 aromatic heterocycles. The van der Waals surface area contributed by atoms with Crippen LogP contribution in [0.2, 0.25) is 0 Å². The lowest BCUT2D eigenvalue weighted by atomic mass is 9.86. The Morgan fingerprint density at radius 3 is 2.46 bits per heavy atom. The third-order valence-corrected chi connectivity index (χ3v) is 3.09. The predicted molar refractivity (Wildman–Crippen MR) is 47.0 cm³/mol. The summed E-state index contributed by atoms with van der Waals surface area (Å²) in [6, 6.07) is 0. The second-order valence-electron chi connectivity index (χ2n) is 4.09. The van der Waals surface area contributed by atoms with Gasteiger partial charge in [0.2, 0.25) is 0 Å².